The summed E-state index contributed by atoms with van der Waals surface area (Å²) >= 11 is 0. The molecule has 0 saturated heterocycles. The summed E-state index contributed by atoms with van der Waals surface area (Å²) in [5.41, 5.74) is 4.64. The normalized spacial score (nSPS) is 14.4. The standard InChI is InChI=1S/C21H18FNO2S/c1-15-5-9-21(10-6-15)26(24,25)23-13-18-8-7-17(11-19(18)14-23)16-3-2-4-20(22)12-16/h2-12H,13-14H2,1H3. The number of halogens is 1. The van der Waals surface area contributed by atoms with E-state index in [4.69, 9.17) is 0 Å². The molecule has 1 aliphatic rings. The average Bonchev–Trinajstić information content (AvgIpc) is 3.06. The summed E-state index contributed by atoms with van der Waals surface area (Å²) in [5.74, 6) is -0.286. The molecule has 0 fully saturated rings. The van der Waals surface area contributed by atoms with Gasteiger partial charge in [0.1, 0.15) is 5.82 Å². The van der Waals surface area contributed by atoms with Gasteiger partial charge in [-0.3, -0.25) is 0 Å². The lowest BCUT2D eigenvalue weighted by Crippen LogP contribution is -2.25. The Balaban J connectivity index is 1.64. The van der Waals surface area contributed by atoms with Crippen molar-refractivity contribution in [2.75, 3.05) is 0 Å². The van der Waals surface area contributed by atoms with Crippen molar-refractivity contribution in [3.8, 4) is 11.1 Å². The number of hydrogen-bond acceptors (Lipinski definition) is 2. The molecule has 0 radical (unpaired) electrons. The molecule has 0 amide bonds. The van der Waals surface area contributed by atoms with Gasteiger partial charge in [-0.05, 0) is 59.5 Å². The van der Waals surface area contributed by atoms with Gasteiger partial charge in [0.25, 0.3) is 0 Å². The molecule has 4 rings (SSSR count). The fourth-order valence-electron chi connectivity index (χ4n) is 3.24. The van der Waals surface area contributed by atoms with E-state index in [0.717, 1.165) is 27.8 Å². The molecule has 132 valence electrons. The molecule has 26 heavy (non-hydrogen) atoms. The van der Waals surface area contributed by atoms with Crippen LogP contribution in [0.25, 0.3) is 11.1 Å². The van der Waals surface area contributed by atoms with Crippen molar-refractivity contribution in [3.05, 3.63) is 89.2 Å². The van der Waals surface area contributed by atoms with Crippen LogP contribution >= 0.6 is 0 Å². The number of rotatable bonds is 3. The van der Waals surface area contributed by atoms with Gasteiger partial charge in [0.05, 0.1) is 4.90 Å². The first-order chi connectivity index (χ1) is 12.4. The molecule has 0 unspecified atom stereocenters. The molecule has 3 aromatic rings. The van der Waals surface area contributed by atoms with Crippen molar-refractivity contribution >= 4 is 10.0 Å². The SMILES string of the molecule is Cc1ccc(S(=O)(=O)N2Cc3ccc(-c4cccc(F)c4)cc3C2)cc1. The summed E-state index contributed by atoms with van der Waals surface area (Å²) in [5, 5.41) is 0. The van der Waals surface area contributed by atoms with Gasteiger partial charge in [-0.2, -0.15) is 4.31 Å². The monoisotopic (exact) mass is 367 g/mol. The topological polar surface area (TPSA) is 37.4 Å². The number of fused-ring (bicyclic) bond motifs is 1. The summed E-state index contributed by atoms with van der Waals surface area (Å²) < 4.78 is 40.7. The molecule has 1 heterocycles. The second-order valence-corrected chi connectivity index (χ2v) is 8.52. The fourth-order valence-corrected chi connectivity index (χ4v) is 4.64. The molecule has 0 spiro atoms. The Hall–Kier alpha value is -2.50. The van der Waals surface area contributed by atoms with E-state index in [0.29, 0.717) is 18.0 Å². The molecule has 0 bridgehead atoms. The molecular weight excluding hydrogens is 349 g/mol. The zero-order valence-electron chi connectivity index (χ0n) is 14.3. The van der Waals surface area contributed by atoms with Crippen LogP contribution in [-0.4, -0.2) is 12.7 Å². The van der Waals surface area contributed by atoms with Crippen LogP contribution in [0.5, 0.6) is 0 Å². The molecule has 0 aliphatic carbocycles. The Morgan fingerprint density at radius 3 is 2.27 bits per heavy atom. The second kappa shape index (κ2) is 6.34. The smallest absolute Gasteiger partial charge is 0.207 e. The first kappa shape index (κ1) is 16.9. The Morgan fingerprint density at radius 2 is 1.54 bits per heavy atom. The van der Waals surface area contributed by atoms with Crippen LogP contribution in [0.2, 0.25) is 0 Å². The van der Waals surface area contributed by atoms with E-state index in [9.17, 15) is 12.8 Å². The first-order valence-electron chi connectivity index (χ1n) is 8.38. The molecule has 1 aliphatic heterocycles. The minimum absolute atomic E-state index is 0.286. The van der Waals surface area contributed by atoms with E-state index in [2.05, 4.69) is 0 Å². The number of nitrogens with zero attached hydrogens (tertiary/aromatic N) is 1. The lowest BCUT2D eigenvalue weighted by atomic mass is 10.0. The highest BCUT2D eigenvalue weighted by atomic mass is 32.2. The van der Waals surface area contributed by atoms with Crippen molar-refractivity contribution < 1.29 is 12.8 Å². The minimum Gasteiger partial charge on any atom is -0.207 e. The van der Waals surface area contributed by atoms with Gasteiger partial charge in [0, 0.05) is 13.1 Å². The zero-order valence-corrected chi connectivity index (χ0v) is 15.1. The minimum atomic E-state index is -3.53. The average molecular weight is 367 g/mol. The summed E-state index contributed by atoms with van der Waals surface area (Å²) in [6.07, 6.45) is 0. The Kier molecular flexibility index (Phi) is 4.13. The zero-order chi connectivity index (χ0) is 18.3. The summed E-state index contributed by atoms with van der Waals surface area (Å²) in [6, 6.07) is 19.1. The van der Waals surface area contributed by atoms with Crippen LogP contribution in [0.15, 0.2) is 71.6 Å². The predicted octanol–water partition coefficient (Wildman–Crippen LogP) is 4.51. The highest BCUT2D eigenvalue weighted by Crippen LogP contribution is 2.32. The molecule has 0 aromatic heterocycles. The molecule has 0 N–H and O–H groups in total. The highest BCUT2D eigenvalue weighted by Gasteiger charge is 2.30. The van der Waals surface area contributed by atoms with Crippen LogP contribution < -0.4 is 0 Å². The number of benzene rings is 3. The molecule has 3 aromatic carbocycles. The van der Waals surface area contributed by atoms with E-state index in [1.165, 1.54) is 16.4 Å². The third kappa shape index (κ3) is 3.04. The number of aryl methyl sites for hydroxylation is 1. The van der Waals surface area contributed by atoms with Gasteiger partial charge < -0.3 is 0 Å². The molecule has 3 nitrogen and oxygen atoms in total. The Bertz CT molecular complexity index is 1080. The van der Waals surface area contributed by atoms with Gasteiger partial charge >= 0.3 is 0 Å². The van der Waals surface area contributed by atoms with Crippen LogP contribution in [-0.2, 0) is 23.1 Å². The molecule has 5 heteroatoms. The summed E-state index contributed by atoms with van der Waals surface area (Å²) in [6.45, 7) is 2.61. The van der Waals surface area contributed by atoms with E-state index in [1.54, 1.807) is 30.3 Å². The highest BCUT2D eigenvalue weighted by molar-refractivity contribution is 7.89. The van der Waals surface area contributed by atoms with E-state index >= 15 is 0 Å². The fraction of sp³-hybridized carbons (Fsp3) is 0.143. The van der Waals surface area contributed by atoms with Gasteiger partial charge in [-0.1, -0.05) is 42.0 Å². The number of hydrogen-bond donors (Lipinski definition) is 0. The predicted molar refractivity (Wildman–Crippen MR) is 99.4 cm³/mol. The largest absolute Gasteiger partial charge is 0.243 e. The third-order valence-electron chi connectivity index (χ3n) is 4.72. The summed E-state index contributed by atoms with van der Waals surface area (Å²) in [4.78, 5) is 0.307. The molecular formula is C21H18FNO2S. The lowest BCUT2D eigenvalue weighted by molar-refractivity contribution is 0.431. The van der Waals surface area contributed by atoms with Gasteiger partial charge in [-0.25, -0.2) is 12.8 Å². The van der Waals surface area contributed by atoms with Gasteiger partial charge in [0.15, 0.2) is 0 Å². The van der Waals surface area contributed by atoms with Gasteiger partial charge in [-0.15, -0.1) is 0 Å². The maximum absolute atomic E-state index is 13.5. The molecule has 0 atom stereocenters. The van der Waals surface area contributed by atoms with Gasteiger partial charge in [0.2, 0.25) is 10.0 Å². The van der Waals surface area contributed by atoms with Crippen LogP contribution in [0.4, 0.5) is 4.39 Å². The Morgan fingerprint density at radius 1 is 0.846 bits per heavy atom. The number of sulfonamides is 1. The molecule has 0 saturated carbocycles. The van der Waals surface area contributed by atoms with Crippen molar-refractivity contribution in [3.63, 3.8) is 0 Å². The van der Waals surface area contributed by atoms with Crippen molar-refractivity contribution in [2.24, 2.45) is 0 Å². The lowest BCUT2D eigenvalue weighted by Gasteiger charge is -2.15. The third-order valence-corrected chi connectivity index (χ3v) is 6.52. The first-order valence-corrected chi connectivity index (χ1v) is 9.82. The second-order valence-electron chi connectivity index (χ2n) is 6.58. The van der Waals surface area contributed by atoms with Crippen LogP contribution in [0.1, 0.15) is 16.7 Å². The summed E-state index contributed by atoms with van der Waals surface area (Å²) in [7, 11) is -3.53. The van der Waals surface area contributed by atoms with E-state index in [1.807, 2.05) is 31.2 Å². The van der Waals surface area contributed by atoms with Crippen molar-refractivity contribution in [2.45, 2.75) is 24.9 Å². The maximum Gasteiger partial charge on any atom is 0.243 e. The van der Waals surface area contributed by atoms with Crippen molar-refractivity contribution in [1.82, 2.24) is 4.31 Å². The quantitative estimate of drug-likeness (QED) is 0.683. The van der Waals surface area contributed by atoms with E-state index in [-0.39, 0.29) is 5.82 Å². The van der Waals surface area contributed by atoms with Crippen LogP contribution in [0.3, 0.4) is 0 Å². The van der Waals surface area contributed by atoms with Crippen molar-refractivity contribution in [1.29, 1.82) is 0 Å². The Labute approximate surface area is 152 Å². The maximum atomic E-state index is 13.5. The van der Waals surface area contributed by atoms with E-state index < -0.39 is 10.0 Å². The van der Waals surface area contributed by atoms with Crippen LogP contribution in [0, 0.1) is 12.7 Å².